The average Bonchev–Trinajstić information content (AvgIpc) is 2.68. The van der Waals surface area contributed by atoms with Gasteiger partial charge in [-0.15, -0.1) is 0 Å². The largest absolute Gasteiger partial charge is 0.495 e. The number of carbonyl (C=O) groups is 3. The molecule has 30 heavy (non-hydrogen) atoms. The van der Waals surface area contributed by atoms with Crippen LogP contribution in [-0.2, 0) is 14.4 Å². The van der Waals surface area contributed by atoms with Gasteiger partial charge in [-0.05, 0) is 55.8 Å². The molecule has 8 heteroatoms. The van der Waals surface area contributed by atoms with Crippen LogP contribution >= 0.6 is 0 Å². The van der Waals surface area contributed by atoms with Crippen molar-refractivity contribution < 1.29 is 24.0 Å². The lowest BCUT2D eigenvalue weighted by atomic mass is 10.2. The number of carbonyl (C=O) groups excluding carboxylic acids is 3. The lowest BCUT2D eigenvalue weighted by molar-refractivity contribution is -0.881. The van der Waals surface area contributed by atoms with Crippen LogP contribution in [0.25, 0.3) is 0 Å². The predicted octanol–water partition coefficient (Wildman–Crippen LogP) is 1.44. The maximum absolute atomic E-state index is 12.5. The van der Waals surface area contributed by atoms with Gasteiger partial charge in [-0.3, -0.25) is 14.4 Å². The van der Waals surface area contributed by atoms with Crippen molar-refractivity contribution in [2.75, 3.05) is 42.7 Å². The number of likely N-dealkylation sites (N-methyl/N-ethyl adjacent to an activating group) is 1. The molecule has 0 aliphatic rings. The molecule has 2 rings (SSSR count). The second-order valence-corrected chi connectivity index (χ2v) is 7.02. The molecule has 0 aliphatic carbocycles. The average molecular weight is 413 g/mol. The number of amides is 3. The second kappa shape index (κ2) is 11.0. The lowest BCUT2D eigenvalue weighted by Crippen LogP contribution is -3.13. The van der Waals surface area contributed by atoms with Crippen LogP contribution in [0.1, 0.15) is 19.4 Å². The number of nitrogens with one attached hydrogen (secondary N) is 4. The van der Waals surface area contributed by atoms with E-state index >= 15 is 0 Å². The van der Waals surface area contributed by atoms with E-state index in [4.69, 9.17) is 4.74 Å². The first-order valence-electron chi connectivity index (χ1n) is 9.76. The normalized spacial score (nSPS) is 11.3. The van der Waals surface area contributed by atoms with Crippen molar-refractivity contribution >= 4 is 34.8 Å². The summed E-state index contributed by atoms with van der Waals surface area (Å²) in [5.74, 6) is 0.0475. The fourth-order valence-electron chi connectivity index (χ4n) is 2.93. The third-order valence-corrected chi connectivity index (χ3v) is 4.44. The van der Waals surface area contributed by atoms with Gasteiger partial charge in [0.05, 0.1) is 19.3 Å². The molecule has 8 nitrogen and oxygen atoms in total. The maximum Gasteiger partial charge on any atom is 0.279 e. The molecular weight excluding hydrogens is 384 g/mol. The van der Waals surface area contributed by atoms with E-state index in [-0.39, 0.29) is 30.8 Å². The first-order valence-corrected chi connectivity index (χ1v) is 9.76. The van der Waals surface area contributed by atoms with Crippen LogP contribution in [-0.4, -0.2) is 44.5 Å². The highest BCUT2D eigenvalue weighted by atomic mass is 16.5. The van der Waals surface area contributed by atoms with E-state index in [1.165, 1.54) is 6.92 Å². The van der Waals surface area contributed by atoms with E-state index in [1.807, 2.05) is 26.0 Å². The molecule has 160 valence electrons. The number of anilines is 3. The van der Waals surface area contributed by atoms with Crippen LogP contribution in [0.3, 0.4) is 0 Å². The molecule has 1 atom stereocenters. The standard InChI is InChI=1S/C22H28N4O4/c1-5-26(14-22(29)25-19-12-15(2)6-11-20(19)30-4)13-21(28)24-18-9-7-17(8-10-18)23-16(3)27/h6-12H,5,13-14H2,1-4H3,(H,23,27)(H,24,28)(H,25,29)/p+1. The maximum atomic E-state index is 12.5. The highest BCUT2D eigenvalue weighted by Gasteiger charge is 2.18. The first-order chi connectivity index (χ1) is 14.3. The minimum Gasteiger partial charge on any atom is -0.495 e. The third kappa shape index (κ3) is 7.21. The number of quaternary nitrogens is 1. The van der Waals surface area contributed by atoms with Gasteiger partial charge in [-0.25, -0.2) is 0 Å². The third-order valence-electron chi connectivity index (χ3n) is 4.44. The molecular formula is C22H29N4O4+. The minimum atomic E-state index is -0.194. The molecule has 0 radical (unpaired) electrons. The summed E-state index contributed by atoms with van der Waals surface area (Å²) in [5, 5.41) is 8.34. The summed E-state index contributed by atoms with van der Waals surface area (Å²) in [7, 11) is 1.55. The van der Waals surface area contributed by atoms with Crippen molar-refractivity contribution in [2.45, 2.75) is 20.8 Å². The van der Waals surface area contributed by atoms with Gasteiger partial charge in [-0.1, -0.05) is 6.07 Å². The van der Waals surface area contributed by atoms with Crippen molar-refractivity contribution in [3.63, 3.8) is 0 Å². The predicted molar refractivity (Wildman–Crippen MR) is 117 cm³/mol. The first kappa shape index (κ1) is 22.9. The summed E-state index contributed by atoms with van der Waals surface area (Å²) in [6, 6.07) is 12.4. The van der Waals surface area contributed by atoms with E-state index < -0.39 is 0 Å². The van der Waals surface area contributed by atoms with Gasteiger partial charge in [-0.2, -0.15) is 0 Å². The fraction of sp³-hybridized carbons (Fsp3) is 0.318. The molecule has 0 heterocycles. The zero-order valence-corrected chi connectivity index (χ0v) is 17.8. The molecule has 0 aromatic heterocycles. The van der Waals surface area contributed by atoms with Crippen molar-refractivity contribution in [3.05, 3.63) is 48.0 Å². The molecule has 1 unspecified atom stereocenters. The molecule has 2 aromatic carbocycles. The van der Waals surface area contributed by atoms with Crippen LogP contribution in [0.5, 0.6) is 5.75 Å². The number of rotatable bonds is 9. The number of hydrogen-bond acceptors (Lipinski definition) is 4. The number of benzene rings is 2. The molecule has 2 aromatic rings. The van der Waals surface area contributed by atoms with E-state index in [1.54, 1.807) is 37.4 Å². The van der Waals surface area contributed by atoms with Crippen molar-refractivity contribution in [1.29, 1.82) is 0 Å². The van der Waals surface area contributed by atoms with Crippen LogP contribution in [0, 0.1) is 6.92 Å². The zero-order valence-electron chi connectivity index (χ0n) is 17.8. The Morgan fingerprint density at radius 3 is 2.00 bits per heavy atom. The van der Waals surface area contributed by atoms with Gasteiger partial charge < -0.3 is 25.6 Å². The Balaban J connectivity index is 1.90. The Kier molecular flexibility index (Phi) is 8.37. The molecule has 3 amide bonds. The summed E-state index contributed by atoms with van der Waals surface area (Å²) in [6.07, 6.45) is 0. The van der Waals surface area contributed by atoms with E-state index in [0.717, 1.165) is 10.5 Å². The Morgan fingerprint density at radius 2 is 1.47 bits per heavy atom. The van der Waals surface area contributed by atoms with Crippen molar-refractivity contribution in [2.24, 2.45) is 0 Å². The van der Waals surface area contributed by atoms with Gasteiger partial charge >= 0.3 is 0 Å². The summed E-state index contributed by atoms with van der Waals surface area (Å²) in [4.78, 5) is 36.7. The van der Waals surface area contributed by atoms with E-state index in [9.17, 15) is 14.4 Å². The number of hydrogen-bond donors (Lipinski definition) is 4. The monoisotopic (exact) mass is 413 g/mol. The highest BCUT2D eigenvalue weighted by Crippen LogP contribution is 2.24. The molecule has 0 fully saturated rings. The lowest BCUT2D eigenvalue weighted by Gasteiger charge is -2.18. The van der Waals surface area contributed by atoms with Crippen molar-refractivity contribution in [1.82, 2.24) is 0 Å². The molecule has 0 bridgehead atoms. The van der Waals surface area contributed by atoms with Crippen LogP contribution in [0.4, 0.5) is 17.1 Å². The Bertz CT molecular complexity index is 897. The molecule has 0 aliphatic heterocycles. The molecule has 4 N–H and O–H groups in total. The van der Waals surface area contributed by atoms with E-state index in [2.05, 4.69) is 16.0 Å². The Morgan fingerprint density at radius 1 is 0.900 bits per heavy atom. The topological polar surface area (TPSA) is 101 Å². The van der Waals surface area contributed by atoms with E-state index in [0.29, 0.717) is 29.4 Å². The summed E-state index contributed by atoms with van der Waals surface area (Å²) < 4.78 is 5.28. The fourth-order valence-corrected chi connectivity index (χ4v) is 2.93. The summed E-state index contributed by atoms with van der Waals surface area (Å²) >= 11 is 0. The zero-order chi connectivity index (χ0) is 22.1. The number of ether oxygens (including phenoxy) is 1. The van der Waals surface area contributed by atoms with Gasteiger partial charge in [0.2, 0.25) is 5.91 Å². The van der Waals surface area contributed by atoms with Gasteiger partial charge in [0, 0.05) is 18.3 Å². The molecule has 0 saturated carbocycles. The summed E-state index contributed by atoms with van der Waals surface area (Å²) in [6.45, 7) is 6.22. The van der Waals surface area contributed by atoms with Crippen LogP contribution in [0.15, 0.2) is 42.5 Å². The van der Waals surface area contributed by atoms with Crippen LogP contribution < -0.4 is 25.6 Å². The van der Waals surface area contributed by atoms with Crippen molar-refractivity contribution in [3.8, 4) is 5.75 Å². The van der Waals surface area contributed by atoms with Gasteiger partial charge in [0.15, 0.2) is 13.1 Å². The van der Waals surface area contributed by atoms with Gasteiger partial charge in [0.1, 0.15) is 5.75 Å². The minimum absolute atomic E-state index is 0.155. The Hall–Kier alpha value is -3.39. The SMILES string of the molecule is CC[NH+](CC(=O)Nc1ccc(NC(C)=O)cc1)CC(=O)Nc1cc(C)ccc1OC. The molecule has 0 saturated heterocycles. The Labute approximate surface area is 176 Å². The van der Waals surface area contributed by atoms with Gasteiger partial charge in [0.25, 0.3) is 11.8 Å². The van der Waals surface area contributed by atoms with Crippen LogP contribution in [0.2, 0.25) is 0 Å². The summed E-state index contributed by atoms with van der Waals surface area (Å²) in [5.41, 5.74) is 2.90. The highest BCUT2D eigenvalue weighted by molar-refractivity contribution is 5.94. The number of methoxy groups -OCH3 is 1. The quantitative estimate of drug-likeness (QED) is 0.500. The second-order valence-electron chi connectivity index (χ2n) is 7.02. The number of aryl methyl sites for hydroxylation is 1. The smallest absolute Gasteiger partial charge is 0.279 e. The molecule has 0 spiro atoms.